The summed E-state index contributed by atoms with van der Waals surface area (Å²) in [5, 5.41) is 0. The lowest BCUT2D eigenvalue weighted by Crippen LogP contribution is -2.30. The summed E-state index contributed by atoms with van der Waals surface area (Å²) >= 11 is 0. The Labute approximate surface area is 99.7 Å². The van der Waals surface area contributed by atoms with E-state index in [0.29, 0.717) is 12.0 Å². The molecule has 3 atom stereocenters. The molecule has 2 N–H and O–H groups in total. The number of nitrogens with two attached hydrogens (primary N) is 1. The quantitative estimate of drug-likeness (QED) is 0.564. The van der Waals surface area contributed by atoms with E-state index in [1.54, 1.807) is 0 Å². The van der Waals surface area contributed by atoms with Crippen LogP contribution in [0.2, 0.25) is 0 Å². The first-order valence-corrected chi connectivity index (χ1v) is 7.00. The molecule has 0 aromatic heterocycles. The average Bonchev–Trinajstić information content (AvgIpc) is 2.75. The molecule has 0 aliphatic heterocycles. The van der Waals surface area contributed by atoms with Crippen molar-refractivity contribution < 1.29 is 0 Å². The number of hydrogen-bond acceptors (Lipinski definition) is 1. The zero-order valence-corrected chi connectivity index (χ0v) is 10.8. The van der Waals surface area contributed by atoms with Gasteiger partial charge in [0.05, 0.1) is 11.9 Å². The minimum absolute atomic E-state index is 0.511. The van der Waals surface area contributed by atoms with Gasteiger partial charge in [-0.3, -0.25) is 4.99 Å². The highest BCUT2D eigenvalue weighted by molar-refractivity contribution is 5.83. The summed E-state index contributed by atoms with van der Waals surface area (Å²) in [7, 11) is 0. The van der Waals surface area contributed by atoms with Crippen molar-refractivity contribution in [2.45, 2.75) is 64.8 Å². The van der Waals surface area contributed by atoms with E-state index in [1.165, 1.54) is 44.9 Å². The van der Waals surface area contributed by atoms with Gasteiger partial charge in [-0.1, -0.05) is 26.7 Å². The summed E-state index contributed by atoms with van der Waals surface area (Å²) in [6, 6.07) is 0.511. The monoisotopic (exact) mass is 222 g/mol. The third kappa shape index (κ3) is 2.78. The van der Waals surface area contributed by atoms with Crippen LogP contribution in [0.15, 0.2) is 4.99 Å². The molecule has 92 valence electrons. The normalized spacial score (nSPS) is 37.9. The van der Waals surface area contributed by atoms with E-state index in [9.17, 15) is 0 Å². The predicted molar refractivity (Wildman–Crippen MR) is 69.5 cm³/mol. The van der Waals surface area contributed by atoms with Crippen molar-refractivity contribution in [1.82, 2.24) is 0 Å². The Bertz CT molecular complexity index is 253. The molecular formula is C14H26N2. The summed E-state index contributed by atoms with van der Waals surface area (Å²) in [4.78, 5) is 4.83. The molecule has 0 aromatic carbocycles. The van der Waals surface area contributed by atoms with Gasteiger partial charge >= 0.3 is 0 Å². The van der Waals surface area contributed by atoms with Gasteiger partial charge < -0.3 is 5.73 Å². The van der Waals surface area contributed by atoms with Crippen LogP contribution in [0.5, 0.6) is 0 Å². The number of aliphatic imine (C=N–C) groups is 1. The van der Waals surface area contributed by atoms with Crippen LogP contribution in [0.4, 0.5) is 0 Å². The zero-order valence-electron chi connectivity index (χ0n) is 10.8. The second-order valence-electron chi connectivity index (χ2n) is 6.00. The van der Waals surface area contributed by atoms with Crippen molar-refractivity contribution in [2.24, 2.45) is 28.5 Å². The van der Waals surface area contributed by atoms with E-state index in [0.717, 1.165) is 17.7 Å². The molecule has 2 fully saturated rings. The Balaban J connectivity index is 1.94. The highest BCUT2D eigenvalue weighted by atomic mass is 14.9. The Morgan fingerprint density at radius 1 is 1.06 bits per heavy atom. The fraction of sp³-hybridized carbons (Fsp3) is 0.929. The zero-order chi connectivity index (χ0) is 11.5. The van der Waals surface area contributed by atoms with Gasteiger partial charge in [-0.2, -0.15) is 0 Å². The summed E-state index contributed by atoms with van der Waals surface area (Å²) in [6.07, 6.45) is 9.13. The molecule has 0 heterocycles. The molecule has 3 unspecified atom stereocenters. The molecule has 2 aliphatic carbocycles. The van der Waals surface area contributed by atoms with Crippen molar-refractivity contribution >= 4 is 5.84 Å². The van der Waals surface area contributed by atoms with Crippen molar-refractivity contribution in [2.75, 3.05) is 0 Å². The highest BCUT2D eigenvalue weighted by Gasteiger charge is 2.26. The Morgan fingerprint density at radius 2 is 1.75 bits per heavy atom. The molecule has 0 amide bonds. The summed E-state index contributed by atoms with van der Waals surface area (Å²) in [6.45, 7) is 4.70. The molecule has 2 heteroatoms. The summed E-state index contributed by atoms with van der Waals surface area (Å²) in [5.74, 6) is 3.17. The first-order chi connectivity index (χ1) is 7.66. The van der Waals surface area contributed by atoms with Crippen LogP contribution < -0.4 is 5.73 Å². The van der Waals surface area contributed by atoms with Gasteiger partial charge in [-0.25, -0.2) is 0 Å². The third-order valence-corrected chi connectivity index (χ3v) is 4.47. The average molecular weight is 222 g/mol. The first-order valence-electron chi connectivity index (χ1n) is 7.00. The van der Waals surface area contributed by atoms with Crippen molar-refractivity contribution in [3.05, 3.63) is 0 Å². The number of rotatable bonds is 2. The molecule has 0 aromatic rings. The molecule has 16 heavy (non-hydrogen) atoms. The maximum atomic E-state index is 6.16. The fourth-order valence-electron chi connectivity index (χ4n) is 3.36. The largest absolute Gasteiger partial charge is 0.387 e. The molecule has 2 saturated carbocycles. The number of nitrogens with zero attached hydrogens (tertiary/aromatic N) is 1. The van der Waals surface area contributed by atoms with Crippen molar-refractivity contribution in [3.63, 3.8) is 0 Å². The summed E-state index contributed by atoms with van der Waals surface area (Å²) in [5.41, 5.74) is 6.16. The molecular weight excluding hydrogens is 196 g/mol. The van der Waals surface area contributed by atoms with Gasteiger partial charge in [0.25, 0.3) is 0 Å². The van der Waals surface area contributed by atoms with Gasteiger partial charge in [0, 0.05) is 5.92 Å². The van der Waals surface area contributed by atoms with Crippen LogP contribution in [0.1, 0.15) is 58.8 Å². The van der Waals surface area contributed by atoms with Gasteiger partial charge in [0.1, 0.15) is 0 Å². The molecule has 0 bridgehead atoms. The van der Waals surface area contributed by atoms with Crippen molar-refractivity contribution in [3.8, 4) is 0 Å². The molecule has 0 spiro atoms. The molecule has 2 nitrogen and oxygen atoms in total. The first kappa shape index (κ1) is 11.9. The highest BCUT2D eigenvalue weighted by Crippen LogP contribution is 2.32. The SMILES string of the molecule is CC1CCC(N=C(N)C2CCCC2)C(C)C1. The van der Waals surface area contributed by atoms with Crippen LogP contribution in [-0.2, 0) is 0 Å². The topological polar surface area (TPSA) is 38.4 Å². The van der Waals surface area contributed by atoms with Gasteiger partial charge in [-0.05, 0) is 43.9 Å². The van der Waals surface area contributed by atoms with Crippen molar-refractivity contribution in [1.29, 1.82) is 0 Å². The lowest BCUT2D eigenvalue weighted by molar-refractivity contribution is 0.264. The van der Waals surface area contributed by atoms with Crippen LogP contribution in [0.25, 0.3) is 0 Å². The molecule has 2 aliphatic rings. The molecule has 0 radical (unpaired) electrons. The Kier molecular flexibility index (Phi) is 3.88. The minimum atomic E-state index is 0.511. The van der Waals surface area contributed by atoms with Crippen LogP contribution in [-0.4, -0.2) is 11.9 Å². The third-order valence-electron chi connectivity index (χ3n) is 4.47. The van der Waals surface area contributed by atoms with E-state index in [2.05, 4.69) is 13.8 Å². The lowest BCUT2D eigenvalue weighted by Gasteiger charge is -2.30. The maximum absolute atomic E-state index is 6.16. The van der Waals surface area contributed by atoms with Crippen LogP contribution >= 0.6 is 0 Å². The van der Waals surface area contributed by atoms with Gasteiger partial charge in [-0.15, -0.1) is 0 Å². The van der Waals surface area contributed by atoms with E-state index in [4.69, 9.17) is 10.7 Å². The number of hydrogen-bond donors (Lipinski definition) is 1. The molecule has 0 saturated heterocycles. The second kappa shape index (κ2) is 5.20. The van der Waals surface area contributed by atoms with Gasteiger partial charge in [0.2, 0.25) is 0 Å². The minimum Gasteiger partial charge on any atom is -0.387 e. The van der Waals surface area contributed by atoms with E-state index in [-0.39, 0.29) is 0 Å². The van der Waals surface area contributed by atoms with Crippen LogP contribution in [0.3, 0.4) is 0 Å². The maximum Gasteiger partial charge on any atom is 0.0971 e. The second-order valence-corrected chi connectivity index (χ2v) is 6.00. The number of amidine groups is 1. The fourth-order valence-corrected chi connectivity index (χ4v) is 3.36. The van der Waals surface area contributed by atoms with E-state index in [1.807, 2.05) is 0 Å². The lowest BCUT2D eigenvalue weighted by atomic mass is 9.80. The smallest absolute Gasteiger partial charge is 0.0971 e. The molecule has 2 rings (SSSR count). The Hall–Kier alpha value is -0.530. The Morgan fingerprint density at radius 3 is 2.38 bits per heavy atom. The van der Waals surface area contributed by atoms with E-state index < -0.39 is 0 Å². The van der Waals surface area contributed by atoms with Crippen LogP contribution in [0, 0.1) is 17.8 Å². The van der Waals surface area contributed by atoms with E-state index >= 15 is 0 Å². The van der Waals surface area contributed by atoms with Gasteiger partial charge in [0.15, 0.2) is 0 Å². The standard InChI is InChI=1S/C14H26N2/c1-10-7-8-13(11(2)9-10)16-14(15)12-5-3-4-6-12/h10-13H,3-9H2,1-2H3,(H2,15,16). The predicted octanol–water partition coefficient (Wildman–Crippen LogP) is 3.36. The summed E-state index contributed by atoms with van der Waals surface area (Å²) < 4.78 is 0.